The zero-order valence-corrected chi connectivity index (χ0v) is 10.7. The van der Waals surface area contributed by atoms with Crippen LogP contribution in [-0.2, 0) is 14.3 Å². The number of ether oxygens (including phenoxy) is 1. The summed E-state index contributed by atoms with van der Waals surface area (Å²) >= 11 is 0. The van der Waals surface area contributed by atoms with Crippen molar-refractivity contribution in [3.63, 3.8) is 0 Å². The van der Waals surface area contributed by atoms with Crippen molar-refractivity contribution in [3.8, 4) is 0 Å². The predicted octanol–water partition coefficient (Wildman–Crippen LogP) is 2.28. The van der Waals surface area contributed by atoms with Gasteiger partial charge in [-0.05, 0) is 13.8 Å². The number of fused-ring (bicyclic) bond motifs is 1. The summed E-state index contributed by atoms with van der Waals surface area (Å²) in [6, 6.07) is 0. The summed E-state index contributed by atoms with van der Waals surface area (Å²) in [7, 11) is 0. The second-order valence-electron chi connectivity index (χ2n) is 5.49. The number of Topliss-reactive ketones (excluding diaryl/α,β-unsaturated/α-hetero) is 1. The van der Waals surface area contributed by atoms with E-state index in [-0.39, 0.29) is 17.7 Å². The maximum absolute atomic E-state index is 12.3. The highest BCUT2D eigenvalue weighted by atomic mass is 16.5. The highest BCUT2D eigenvalue weighted by Crippen LogP contribution is 2.51. The average Bonchev–Trinajstić information content (AvgIpc) is 2.26. The van der Waals surface area contributed by atoms with Gasteiger partial charge in [0.25, 0.3) is 0 Å². The molecular weight excluding hydrogens is 216 g/mol. The maximum Gasteiger partial charge on any atom is 0.334 e. The molecule has 0 amide bonds. The number of ketones is 1. The van der Waals surface area contributed by atoms with Gasteiger partial charge < -0.3 is 4.74 Å². The molecular formula is C14H18O3. The SMILES string of the molecule is CCOC(=O)C1=C[C@]2(C)C=C[C@@H]1C(C)(C)C2=O. The van der Waals surface area contributed by atoms with E-state index >= 15 is 0 Å². The number of carbonyl (C=O) groups is 2. The second kappa shape index (κ2) is 3.56. The van der Waals surface area contributed by atoms with Gasteiger partial charge in [-0.3, -0.25) is 4.79 Å². The maximum atomic E-state index is 12.3. The molecule has 92 valence electrons. The Balaban J connectivity index is 2.46. The summed E-state index contributed by atoms with van der Waals surface area (Å²) in [6.45, 7) is 7.79. The van der Waals surface area contributed by atoms with Gasteiger partial charge in [0, 0.05) is 16.9 Å². The molecule has 0 saturated heterocycles. The van der Waals surface area contributed by atoms with E-state index < -0.39 is 10.8 Å². The van der Waals surface area contributed by atoms with Crippen LogP contribution in [0.1, 0.15) is 27.7 Å². The van der Waals surface area contributed by atoms with Crippen LogP contribution in [-0.4, -0.2) is 18.4 Å². The number of rotatable bonds is 2. The Bertz CT molecular complexity index is 442. The Labute approximate surface area is 102 Å². The van der Waals surface area contributed by atoms with E-state index in [2.05, 4.69) is 0 Å². The fraction of sp³-hybridized carbons (Fsp3) is 0.571. The predicted molar refractivity (Wildman–Crippen MR) is 64.2 cm³/mol. The van der Waals surface area contributed by atoms with E-state index in [1.54, 1.807) is 13.0 Å². The molecule has 3 heteroatoms. The molecule has 0 unspecified atom stereocenters. The molecule has 0 heterocycles. The van der Waals surface area contributed by atoms with E-state index in [4.69, 9.17) is 4.74 Å². The molecule has 17 heavy (non-hydrogen) atoms. The first kappa shape index (κ1) is 12.1. The van der Waals surface area contributed by atoms with E-state index in [1.165, 1.54) is 0 Å². The highest BCUT2D eigenvalue weighted by molar-refractivity contribution is 6.02. The largest absolute Gasteiger partial charge is 0.463 e. The minimum absolute atomic E-state index is 0.157. The summed E-state index contributed by atoms with van der Waals surface area (Å²) in [6.07, 6.45) is 5.63. The summed E-state index contributed by atoms with van der Waals surface area (Å²) in [4.78, 5) is 24.2. The van der Waals surface area contributed by atoms with Gasteiger partial charge in [0.15, 0.2) is 5.78 Å². The molecule has 0 fully saturated rings. The molecule has 0 radical (unpaired) electrons. The van der Waals surface area contributed by atoms with Gasteiger partial charge in [-0.25, -0.2) is 4.79 Å². The fourth-order valence-electron chi connectivity index (χ4n) is 2.87. The third-order valence-corrected chi connectivity index (χ3v) is 3.79. The monoisotopic (exact) mass is 234 g/mol. The van der Waals surface area contributed by atoms with Crippen LogP contribution in [0.4, 0.5) is 0 Å². The molecule has 0 spiro atoms. The van der Waals surface area contributed by atoms with Gasteiger partial charge in [0.1, 0.15) is 0 Å². The van der Waals surface area contributed by atoms with Crippen molar-refractivity contribution >= 4 is 11.8 Å². The Hall–Kier alpha value is -1.38. The number of allylic oxidation sites excluding steroid dienone is 3. The molecule has 0 aromatic rings. The Kier molecular flexibility index (Phi) is 2.53. The number of hydrogen-bond donors (Lipinski definition) is 0. The van der Waals surface area contributed by atoms with Gasteiger partial charge in [-0.2, -0.15) is 0 Å². The molecule has 3 aliphatic carbocycles. The van der Waals surface area contributed by atoms with E-state index in [0.29, 0.717) is 12.2 Å². The smallest absolute Gasteiger partial charge is 0.334 e. The first-order valence-electron chi connectivity index (χ1n) is 5.97. The van der Waals surface area contributed by atoms with E-state index in [9.17, 15) is 9.59 Å². The van der Waals surface area contributed by atoms with Crippen LogP contribution in [0.15, 0.2) is 23.8 Å². The number of hydrogen-bond acceptors (Lipinski definition) is 3. The molecule has 0 aromatic carbocycles. The normalized spacial score (nSPS) is 33.5. The minimum atomic E-state index is -0.652. The van der Waals surface area contributed by atoms with Crippen LogP contribution < -0.4 is 0 Å². The fourth-order valence-corrected chi connectivity index (χ4v) is 2.87. The Morgan fingerprint density at radius 1 is 1.41 bits per heavy atom. The third-order valence-electron chi connectivity index (χ3n) is 3.79. The van der Waals surface area contributed by atoms with Crippen LogP contribution in [0.2, 0.25) is 0 Å². The molecule has 3 rings (SSSR count). The Morgan fingerprint density at radius 3 is 2.59 bits per heavy atom. The number of carbonyl (C=O) groups excluding carboxylic acids is 2. The van der Waals surface area contributed by atoms with Crippen molar-refractivity contribution in [1.29, 1.82) is 0 Å². The quantitative estimate of drug-likeness (QED) is 0.544. The lowest BCUT2D eigenvalue weighted by Gasteiger charge is -2.46. The minimum Gasteiger partial charge on any atom is -0.463 e. The zero-order valence-electron chi connectivity index (χ0n) is 10.7. The van der Waals surface area contributed by atoms with E-state index in [1.807, 2.05) is 32.9 Å². The molecule has 0 aliphatic heterocycles. The first-order chi connectivity index (χ1) is 7.83. The van der Waals surface area contributed by atoms with Crippen LogP contribution in [0.3, 0.4) is 0 Å². The second-order valence-corrected chi connectivity index (χ2v) is 5.49. The first-order valence-corrected chi connectivity index (χ1v) is 5.97. The summed E-state index contributed by atoms with van der Waals surface area (Å²) in [5.41, 5.74) is -0.554. The standard InChI is InChI=1S/C14H18O3/c1-5-17-11(15)9-8-14(4)7-6-10(9)13(2,3)12(14)16/h6-8,10H,5H2,1-4H3/t10-,14-/m0/s1. The molecule has 0 saturated carbocycles. The topological polar surface area (TPSA) is 43.4 Å². The van der Waals surface area contributed by atoms with Crippen molar-refractivity contribution < 1.29 is 14.3 Å². The van der Waals surface area contributed by atoms with Crippen molar-refractivity contribution in [1.82, 2.24) is 0 Å². The highest BCUT2D eigenvalue weighted by Gasteiger charge is 2.53. The van der Waals surface area contributed by atoms with Gasteiger partial charge in [0.05, 0.1) is 12.0 Å². The molecule has 2 atom stereocenters. The van der Waals surface area contributed by atoms with E-state index in [0.717, 1.165) is 0 Å². The third kappa shape index (κ3) is 1.56. The summed E-state index contributed by atoms with van der Waals surface area (Å²) < 4.78 is 5.06. The molecule has 2 bridgehead atoms. The van der Waals surface area contributed by atoms with Crippen molar-refractivity contribution in [2.24, 2.45) is 16.7 Å². The van der Waals surface area contributed by atoms with Crippen LogP contribution in [0.5, 0.6) is 0 Å². The molecule has 0 N–H and O–H groups in total. The lowest BCUT2D eigenvalue weighted by atomic mass is 9.55. The van der Waals surface area contributed by atoms with Crippen LogP contribution >= 0.6 is 0 Å². The summed E-state index contributed by atoms with van der Waals surface area (Å²) in [5, 5.41) is 0. The Morgan fingerprint density at radius 2 is 2.06 bits per heavy atom. The van der Waals surface area contributed by atoms with Crippen molar-refractivity contribution in [3.05, 3.63) is 23.8 Å². The van der Waals surface area contributed by atoms with Crippen LogP contribution in [0, 0.1) is 16.7 Å². The summed E-state index contributed by atoms with van der Waals surface area (Å²) in [5.74, 6) is -0.282. The lowest BCUT2D eigenvalue weighted by Crippen LogP contribution is -2.50. The average molecular weight is 234 g/mol. The van der Waals surface area contributed by atoms with Crippen LogP contribution in [0.25, 0.3) is 0 Å². The van der Waals surface area contributed by atoms with Crippen molar-refractivity contribution in [2.75, 3.05) is 6.61 Å². The van der Waals surface area contributed by atoms with Gasteiger partial charge in [-0.1, -0.05) is 32.1 Å². The van der Waals surface area contributed by atoms with Crippen molar-refractivity contribution in [2.45, 2.75) is 27.7 Å². The molecule has 3 aliphatic rings. The van der Waals surface area contributed by atoms with Gasteiger partial charge in [0.2, 0.25) is 0 Å². The van der Waals surface area contributed by atoms with Gasteiger partial charge in [-0.15, -0.1) is 0 Å². The molecule has 3 nitrogen and oxygen atoms in total. The zero-order chi connectivity index (χ0) is 12.8. The number of esters is 1. The molecule has 0 aromatic heterocycles. The van der Waals surface area contributed by atoms with Gasteiger partial charge >= 0.3 is 5.97 Å². The lowest BCUT2D eigenvalue weighted by molar-refractivity contribution is -0.142.